The molecule has 5 nitrogen and oxygen atoms in total. The number of hydrogen-bond donors (Lipinski definition) is 1. The van der Waals surface area contributed by atoms with Crippen LogP contribution in [0, 0.1) is 5.82 Å². The molecular formula is C18H19FN2O3. The van der Waals surface area contributed by atoms with Crippen molar-refractivity contribution in [3.05, 3.63) is 66.7 Å². The van der Waals surface area contributed by atoms with Crippen LogP contribution in [0.2, 0.25) is 0 Å². The molecular weight excluding hydrogens is 311 g/mol. The Kier molecular flexibility index (Phi) is 5.65. The lowest BCUT2D eigenvalue weighted by atomic mass is 10.0. The topological polar surface area (TPSA) is 66.6 Å². The monoisotopic (exact) mass is 330 g/mol. The maximum absolute atomic E-state index is 13.1. The van der Waals surface area contributed by atoms with E-state index >= 15 is 0 Å². The Morgan fingerprint density at radius 3 is 2.42 bits per heavy atom. The van der Waals surface area contributed by atoms with Gasteiger partial charge >= 0.3 is 0 Å². The number of aliphatic hydroxyl groups is 1. The number of rotatable bonds is 7. The van der Waals surface area contributed by atoms with E-state index in [4.69, 9.17) is 4.52 Å². The number of benzene rings is 1. The summed E-state index contributed by atoms with van der Waals surface area (Å²) in [4.78, 5) is 14.1. The van der Waals surface area contributed by atoms with Gasteiger partial charge in [-0.1, -0.05) is 17.3 Å². The van der Waals surface area contributed by atoms with Gasteiger partial charge in [-0.3, -0.25) is 4.79 Å². The van der Waals surface area contributed by atoms with Gasteiger partial charge in [-0.15, -0.1) is 13.2 Å². The van der Waals surface area contributed by atoms with E-state index < -0.39 is 12.0 Å². The molecule has 1 heterocycles. The van der Waals surface area contributed by atoms with Crippen molar-refractivity contribution < 1.29 is 18.8 Å². The third-order valence-corrected chi connectivity index (χ3v) is 3.44. The molecule has 1 amide bonds. The zero-order chi connectivity index (χ0) is 17.7. The van der Waals surface area contributed by atoms with E-state index in [0.717, 1.165) is 0 Å². The standard InChI is InChI=1S/C18H19FN2O3/c1-4-10-21(11-5-2)18(23)17-15(12(3)22)16(20-24-17)13-6-8-14(19)9-7-13/h4-9,12,22H,1-2,10-11H2,3H3. The van der Waals surface area contributed by atoms with Crippen LogP contribution in [0.5, 0.6) is 0 Å². The van der Waals surface area contributed by atoms with E-state index in [2.05, 4.69) is 18.3 Å². The maximum atomic E-state index is 13.1. The van der Waals surface area contributed by atoms with E-state index in [1.165, 1.54) is 36.1 Å². The van der Waals surface area contributed by atoms with Gasteiger partial charge < -0.3 is 14.5 Å². The van der Waals surface area contributed by atoms with Gasteiger partial charge in [-0.05, 0) is 31.2 Å². The van der Waals surface area contributed by atoms with Crippen molar-refractivity contribution in [3.8, 4) is 11.3 Å². The predicted molar refractivity (Wildman–Crippen MR) is 88.8 cm³/mol. The van der Waals surface area contributed by atoms with Crippen LogP contribution in [-0.2, 0) is 0 Å². The Morgan fingerprint density at radius 1 is 1.33 bits per heavy atom. The molecule has 0 saturated carbocycles. The van der Waals surface area contributed by atoms with Crippen molar-refractivity contribution in [3.63, 3.8) is 0 Å². The molecule has 6 heteroatoms. The lowest BCUT2D eigenvalue weighted by Gasteiger charge is -2.18. The number of aliphatic hydroxyl groups excluding tert-OH is 1. The van der Waals surface area contributed by atoms with Gasteiger partial charge in [0.25, 0.3) is 5.91 Å². The lowest BCUT2D eigenvalue weighted by molar-refractivity contribution is 0.0741. The molecule has 24 heavy (non-hydrogen) atoms. The normalized spacial score (nSPS) is 11.8. The van der Waals surface area contributed by atoms with Crippen molar-refractivity contribution in [2.24, 2.45) is 0 Å². The molecule has 0 bridgehead atoms. The van der Waals surface area contributed by atoms with Crippen molar-refractivity contribution in [1.82, 2.24) is 10.1 Å². The first-order valence-electron chi connectivity index (χ1n) is 7.44. The number of carbonyl (C=O) groups excluding carboxylic acids is 1. The number of amides is 1. The zero-order valence-electron chi connectivity index (χ0n) is 13.4. The van der Waals surface area contributed by atoms with Crippen LogP contribution in [0.25, 0.3) is 11.3 Å². The van der Waals surface area contributed by atoms with Crippen LogP contribution in [0.15, 0.2) is 54.1 Å². The summed E-state index contributed by atoms with van der Waals surface area (Å²) < 4.78 is 18.3. The average Bonchev–Trinajstić information content (AvgIpc) is 3.00. The smallest absolute Gasteiger partial charge is 0.293 e. The summed E-state index contributed by atoms with van der Waals surface area (Å²) in [6, 6.07) is 5.58. The van der Waals surface area contributed by atoms with E-state index in [0.29, 0.717) is 24.3 Å². The Morgan fingerprint density at radius 2 is 1.92 bits per heavy atom. The summed E-state index contributed by atoms with van der Waals surface area (Å²) in [5.74, 6) is -0.861. The summed E-state index contributed by atoms with van der Waals surface area (Å²) >= 11 is 0. The summed E-state index contributed by atoms with van der Waals surface area (Å²) in [6.45, 7) is 9.36. The molecule has 0 aliphatic rings. The van der Waals surface area contributed by atoms with Crippen molar-refractivity contribution in [1.29, 1.82) is 0 Å². The molecule has 1 aromatic heterocycles. The molecule has 0 saturated heterocycles. The van der Waals surface area contributed by atoms with Gasteiger partial charge in [0, 0.05) is 18.7 Å². The second-order valence-corrected chi connectivity index (χ2v) is 5.24. The first-order valence-corrected chi connectivity index (χ1v) is 7.44. The van der Waals surface area contributed by atoms with Crippen LogP contribution in [-0.4, -0.2) is 34.2 Å². The highest BCUT2D eigenvalue weighted by atomic mass is 19.1. The van der Waals surface area contributed by atoms with E-state index in [9.17, 15) is 14.3 Å². The molecule has 1 N–H and O–H groups in total. The third-order valence-electron chi connectivity index (χ3n) is 3.44. The number of hydrogen-bond acceptors (Lipinski definition) is 4. The molecule has 0 fully saturated rings. The molecule has 0 spiro atoms. The minimum atomic E-state index is -0.982. The minimum absolute atomic E-state index is 0.0481. The van der Waals surface area contributed by atoms with E-state index in [1.54, 1.807) is 12.2 Å². The number of carbonyl (C=O) groups is 1. The predicted octanol–water partition coefficient (Wildman–Crippen LogP) is 3.35. The fourth-order valence-electron chi connectivity index (χ4n) is 2.35. The van der Waals surface area contributed by atoms with Crippen LogP contribution < -0.4 is 0 Å². The average molecular weight is 330 g/mol. The van der Waals surface area contributed by atoms with Gasteiger partial charge in [0.1, 0.15) is 11.5 Å². The molecule has 2 aromatic rings. The van der Waals surface area contributed by atoms with E-state index in [-0.39, 0.29) is 17.1 Å². The van der Waals surface area contributed by atoms with Crippen LogP contribution in [0.4, 0.5) is 4.39 Å². The number of halogens is 1. The maximum Gasteiger partial charge on any atom is 0.293 e. The SMILES string of the molecule is C=CCN(CC=C)C(=O)c1onc(-c2ccc(F)cc2)c1C(C)O. The Bertz CT molecular complexity index is 725. The fraction of sp³-hybridized carbons (Fsp3) is 0.222. The van der Waals surface area contributed by atoms with Gasteiger partial charge in [0.15, 0.2) is 0 Å². The van der Waals surface area contributed by atoms with Gasteiger partial charge in [-0.25, -0.2) is 4.39 Å². The number of aromatic nitrogens is 1. The summed E-state index contributed by atoms with van der Waals surface area (Å²) in [5.41, 5.74) is 1.13. The Balaban J connectivity index is 2.48. The van der Waals surface area contributed by atoms with Crippen molar-refractivity contribution in [2.45, 2.75) is 13.0 Å². The first kappa shape index (κ1) is 17.6. The highest BCUT2D eigenvalue weighted by Gasteiger charge is 2.28. The highest BCUT2D eigenvalue weighted by molar-refractivity contribution is 5.94. The van der Waals surface area contributed by atoms with E-state index in [1.807, 2.05) is 0 Å². The lowest BCUT2D eigenvalue weighted by Crippen LogP contribution is -2.31. The molecule has 1 aromatic carbocycles. The molecule has 0 aliphatic heterocycles. The minimum Gasteiger partial charge on any atom is -0.388 e. The largest absolute Gasteiger partial charge is 0.388 e. The van der Waals surface area contributed by atoms with Gasteiger partial charge in [0.05, 0.1) is 11.7 Å². The Labute approximate surface area is 139 Å². The highest BCUT2D eigenvalue weighted by Crippen LogP contribution is 2.31. The second kappa shape index (κ2) is 7.70. The zero-order valence-corrected chi connectivity index (χ0v) is 13.4. The molecule has 126 valence electrons. The third kappa shape index (κ3) is 3.60. The first-order chi connectivity index (χ1) is 11.5. The molecule has 2 rings (SSSR count). The quantitative estimate of drug-likeness (QED) is 0.791. The van der Waals surface area contributed by atoms with Crippen molar-refractivity contribution >= 4 is 5.91 Å². The van der Waals surface area contributed by atoms with Crippen LogP contribution in [0.3, 0.4) is 0 Å². The summed E-state index contributed by atoms with van der Waals surface area (Å²) in [7, 11) is 0. The molecule has 0 radical (unpaired) electrons. The molecule has 0 aliphatic carbocycles. The summed E-state index contributed by atoms with van der Waals surface area (Å²) in [6.07, 6.45) is 2.19. The van der Waals surface area contributed by atoms with Crippen LogP contribution >= 0.6 is 0 Å². The van der Waals surface area contributed by atoms with Crippen LogP contribution in [0.1, 0.15) is 29.1 Å². The Hall–Kier alpha value is -2.73. The second-order valence-electron chi connectivity index (χ2n) is 5.24. The number of nitrogens with zero attached hydrogens (tertiary/aromatic N) is 2. The van der Waals surface area contributed by atoms with Crippen molar-refractivity contribution in [2.75, 3.05) is 13.1 Å². The molecule has 1 atom stereocenters. The molecule has 1 unspecified atom stereocenters. The fourth-order valence-corrected chi connectivity index (χ4v) is 2.35. The van der Waals surface area contributed by atoms with Gasteiger partial charge in [0.2, 0.25) is 5.76 Å². The van der Waals surface area contributed by atoms with Gasteiger partial charge in [-0.2, -0.15) is 0 Å². The summed E-state index contributed by atoms with van der Waals surface area (Å²) in [5, 5.41) is 14.0.